The van der Waals surface area contributed by atoms with Crippen LogP contribution < -0.4 is 43.5 Å². The van der Waals surface area contributed by atoms with Crippen molar-refractivity contribution in [2.45, 2.75) is 52.4 Å². The highest BCUT2D eigenvalue weighted by Crippen LogP contribution is 2.27. The Balaban J connectivity index is 0.000000139. The van der Waals surface area contributed by atoms with Crippen LogP contribution in [-0.4, -0.2) is 229 Å². The Morgan fingerprint density at radius 1 is 0.330 bits per heavy atom. The number of nitrogens with zero attached hydrogens (tertiary/aromatic N) is 16. The van der Waals surface area contributed by atoms with Crippen LogP contribution in [0.15, 0.2) is 117 Å². The maximum absolute atomic E-state index is 12.7. The molecule has 32 nitrogen and oxygen atoms in total. The van der Waals surface area contributed by atoms with Gasteiger partial charge < -0.3 is 58.5 Å². The van der Waals surface area contributed by atoms with Gasteiger partial charge in [0.1, 0.15) is 0 Å². The predicted octanol–water partition coefficient (Wildman–Crippen LogP) is 9.48. The molecule has 0 radical (unpaired) electrons. The molecule has 8 N–H and O–H groups in total. The van der Waals surface area contributed by atoms with E-state index in [4.69, 9.17) is 124 Å². The maximum Gasteiger partial charge on any atom is 0.278 e. The zero-order valence-corrected chi connectivity index (χ0v) is 65.8. The second-order valence-electron chi connectivity index (χ2n) is 25.5. The lowest BCUT2D eigenvalue weighted by molar-refractivity contribution is 0.0364. The molecular weight excluding hydrogens is 1610 g/mol. The molecule has 4 aliphatic rings. The number of anilines is 4. The molecule has 12 aromatic rings. The lowest BCUT2D eigenvalue weighted by atomic mass is 10.2. The molecule has 112 heavy (non-hydrogen) atoms. The number of ether oxygens (including phenoxy) is 4. The van der Waals surface area contributed by atoms with E-state index in [-0.39, 0.29) is 172 Å². The summed E-state index contributed by atoms with van der Waals surface area (Å²) in [4.78, 5) is 105. The van der Waals surface area contributed by atoms with Gasteiger partial charge in [0.25, 0.3) is 22.2 Å². The molecule has 0 bridgehead atoms. The van der Waals surface area contributed by atoms with Crippen molar-refractivity contribution in [3.05, 3.63) is 202 Å². The third kappa shape index (κ3) is 22.1. The number of nitrogens with one attached hydrogen (secondary N) is 8. The Kier molecular flexibility index (Phi) is 24.7. The summed E-state index contributed by atoms with van der Waals surface area (Å²) in [7, 11) is 0. The standard InChI is InChI=1S/4C18H20Cl2N6O2/c4*19-13-2-1-12(9-14(13)20)10-21-18-23-16-15(17(27)24-18)26(11-22-16)4-3-25-5-7-28-8-6-25/h4*1-2,9,11H,3-8,10H2,(H2,21,23,24,27)/i1D,2D,9D;2D,9D;1D,9D;1D,2D. The van der Waals surface area contributed by atoms with Crippen molar-refractivity contribution >= 4 is 161 Å². The molecule has 0 unspecified atom stereocenters. The Morgan fingerprint density at radius 2 is 0.616 bits per heavy atom. The van der Waals surface area contributed by atoms with E-state index >= 15 is 0 Å². The number of imidazole rings is 4. The first kappa shape index (κ1) is 70.1. The van der Waals surface area contributed by atoms with E-state index in [0.717, 1.165) is 118 Å². The molecule has 16 rings (SSSR count). The van der Waals surface area contributed by atoms with Crippen molar-refractivity contribution in [1.82, 2.24) is 97.7 Å². The highest BCUT2D eigenvalue weighted by Gasteiger charge is 2.20. The molecular formula is C72H80Cl8N24O8. The summed E-state index contributed by atoms with van der Waals surface area (Å²) in [5.74, 6) is 0.800. The molecule has 40 heteroatoms. The first-order valence-electron chi connectivity index (χ1n) is 39.9. The molecule has 0 amide bonds. The van der Waals surface area contributed by atoms with Gasteiger partial charge in [0, 0.05) is 131 Å². The maximum atomic E-state index is 12.7. The van der Waals surface area contributed by atoms with Gasteiger partial charge in [-0.15, -0.1) is 0 Å². The van der Waals surface area contributed by atoms with Gasteiger partial charge in [-0.2, -0.15) is 19.9 Å². The summed E-state index contributed by atoms with van der Waals surface area (Å²) in [6, 6.07) is 3.70. The monoisotopic (exact) mass is 1700 g/mol. The summed E-state index contributed by atoms with van der Waals surface area (Å²) in [5, 5.41) is 12.1. The van der Waals surface area contributed by atoms with Gasteiger partial charge in [-0.05, 0) is 70.6 Å². The van der Waals surface area contributed by atoms with Crippen LogP contribution in [0.1, 0.15) is 34.6 Å². The summed E-state index contributed by atoms with van der Waals surface area (Å²) in [6.07, 6.45) is 6.43. The fourth-order valence-corrected chi connectivity index (χ4v) is 13.2. The van der Waals surface area contributed by atoms with Crippen LogP contribution in [0.3, 0.4) is 0 Å². The molecule has 0 saturated carbocycles. The topological polar surface area (TPSA) is 352 Å². The number of aromatic amines is 4. The second kappa shape index (κ2) is 39.5. The average molecular weight is 1700 g/mol. The minimum atomic E-state index is -0.348. The first-order valence-corrected chi connectivity index (χ1v) is 38.4. The van der Waals surface area contributed by atoms with Gasteiger partial charge >= 0.3 is 0 Å². The SMILES string of the molecule is [2H]c1c(CNc2nc3ncn(CCN4CCOCC4)c3c(=O)[nH]2)cc(Cl)c(Cl)c1[2H].[2H]c1c([2H])c(CNc2nc3ncn(CCN4CCOCC4)c3c(=O)[nH]2)c([2H])c(Cl)c1Cl.[2H]c1cc(CNc2nc3ncn(CCN4CCOCC4)c3c(=O)[nH]2)c([2H])c(Cl)c1Cl.[2H]c1cc(Cl)c(Cl)c([2H])c1CNc1nc2ncn(CCN3CCOCC3)c2c(=O)[nH]1. The Labute approximate surface area is 692 Å². The number of rotatable bonds is 24. The quantitative estimate of drug-likeness (QED) is 0.0279. The fraction of sp³-hybridized carbons (Fsp3) is 0.389. The molecule has 0 spiro atoms. The van der Waals surface area contributed by atoms with Gasteiger partial charge in [-0.3, -0.25) is 58.7 Å². The van der Waals surface area contributed by atoms with Crippen LogP contribution in [0.2, 0.25) is 40.2 Å². The van der Waals surface area contributed by atoms with Gasteiger partial charge in [-0.1, -0.05) is 117 Å². The molecule has 4 fully saturated rings. The highest BCUT2D eigenvalue weighted by molar-refractivity contribution is 6.43. The van der Waals surface area contributed by atoms with Crippen LogP contribution in [0, 0.1) is 0 Å². The summed E-state index contributed by atoms with van der Waals surface area (Å²) < 4.78 is 100. The van der Waals surface area contributed by atoms with Crippen LogP contribution in [0.5, 0.6) is 0 Å². The van der Waals surface area contributed by atoms with E-state index < -0.39 is 0 Å². The lowest BCUT2D eigenvalue weighted by Gasteiger charge is -2.26. The van der Waals surface area contributed by atoms with E-state index in [9.17, 15) is 19.2 Å². The van der Waals surface area contributed by atoms with Crippen molar-refractivity contribution in [1.29, 1.82) is 0 Å². The van der Waals surface area contributed by atoms with E-state index in [2.05, 4.69) is 101 Å². The first-order chi connectivity index (χ1) is 58.2. The number of fused-ring (bicyclic) bond motifs is 4. The number of hydrogen-bond donors (Lipinski definition) is 8. The zero-order valence-electron chi connectivity index (χ0n) is 68.8. The number of benzene rings is 4. The van der Waals surface area contributed by atoms with E-state index in [1.165, 1.54) is 18.2 Å². The molecule has 8 aromatic heterocycles. The van der Waals surface area contributed by atoms with Crippen molar-refractivity contribution in [2.24, 2.45) is 0 Å². The van der Waals surface area contributed by atoms with Crippen LogP contribution in [0.25, 0.3) is 44.7 Å². The summed E-state index contributed by atoms with van der Waals surface area (Å²) in [6.45, 7) is 18.8. The van der Waals surface area contributed by atoms with E-state index in [0.29, 0.717) is 101 Å². The Hall–Kier alpha value is -8.52. The van der Waals surface area contributed by atoms with Gasteiger partial charge in [0.05, 0.1) is 131 Å². The van der Waals surface area contributed by atoms with Crippen molar-refractivity contribution < 1.29 is 31.3 Å². The number of halogens is 8. The minimum Gasteiger partial charge on any atom is -0.379 e. The van der Waals surface area contributed by atoms with Crippen molar-refractivity contribution in [2.75, 3.05) is 153 Å². The third-order valence-corrected chi connectivity index (χ3v) is 20.8. The Bertz CT molecular complexity index is 5800. The summed E-state index contributed by atoms with van der Waals surface area (Å²) >= 11 is 47.6. The molecule has 0 atom stereocenters. The van der Waals surface area contributed by atoms with E-state index in [1.807, 2.05) is 0 Å². The third-order valence-electron chi connectivity index (χ3n) is 18.0. The lowest BCUT2D eigenvalue weighted by Crippen LogP contribution is -2.38. The van der Waals surface area contributed by atoms with Crippen LogP contribution >= 0.6 is 92.8 Å². The normalized spacial score (nSPS) is 16.3. The molecule has 12 heterocycles. The van der Waals surface area contributed by atoms with Crippen molar-refractivity contribution in [3.8, 4) is 0 Å². The van der Waals surface area contributed by atoms with Crippen LogP contribution in [-0.2, 0) is 71.3 Å². The zero-order chi connectivity index (χ0) is 85.9. The predicted molar refractivity (Wildman–Crippen MR) is 437 cm³/mol. The molecule has 4 aliphatic heterocycles. The number of morpholine rings is 4. The second-order valence-corrected chi connectivity index (χ2v) is 28.6. The van der Waals surface area contributed by atoms with E-state index in [1.54, 1.807) is 43.6 Å². The molecule has 4 saturated heterocycles. The number of hydrogen-bond acceptors (Lipinski definition) is 24. The van der Waals surface area contributed by atoms with Crippen LogP contribution in [0.4, 0.5) is 23.8 Å². The largest absolute Gasteiger partial charge is 0.379 e. The highest BCUT2D eigenvalue weighted by atomic mass is 35.5. The smallest absolute Gasteiger partial charge is 0.278 e. The summed E-state index contributed by atoms with van der Waals surface area (Å²) in [5.41, 5.74) is 3.11. The fourth-order valence-electron chi connectivity index (χ4n) is 12.1. The average Bonchev–Trinajstić information content (AvgIpc) is 1.61. The molecule has 592 valence electrons. The molecule has 4 aromatic carbocycles. The number of aromatic nitrogens is 16. The minimum absolute atomic E-state index is 0.0249. The number of H-pyrrole nitrogens is 4. The van der Waals surface area contributed by atoms with Gasteiger partial charge in [-0.25, -0.2) is 19.9 Å². The van der Waals surface area contributed by atoms with Gasteiger partial charge in [0.15, 0.2) is 44.7 Å². The Morgan fingerprint density at radius 3 is 0.973 bits per heavy atom. The molecule has 0 aliphatic carbocycles. The van der Waals surface area contributed by atoms with Gasteiger partial charge in [0.2, 0.25) is 23.8 Å². The van der Waals surface area contributed by atoms with Crippen molar-refractivity contribution in [3.63, 3.8) is 0 Å².